The van der Waals surface area contributed by atoms with Crippen molar-refractivity contribution >= 4 is 7.60 Å². The third kappa shape index (κ3) is 4.04. The molecule has 0 amide bonds. The fourth-order valence-corrected chi connectivity index (χ4v) is 3.70. The van der Waals surface area contributed by atoms with Crippen molar-refractivity contribution in [3.8, 4) is 0 Å². The van der Waals surface area contributed by atoms with E-state index in [1.54, 1.807) is 20.8 Å². The maximum Gasteiger partial charge on any atom is 0.350 e. The van der Waals surface area contributed by atoms with Crippen molar-refractivity contribution in [3.05, 3.63) is 0 Å². The van der Waals surface area contributed by atoms with Crippen LogP contribution in [0.25, 0.3) is 0 Å². The third-order valence-corrected chi connectivity index (χ3v) is 5.07. The van der Waals surface area contributed by atoms with Crippen LogP contribution in [0.4, 0.5) is 0 Å². The van der Waals surface area contributed by atoms with Gasteiger partial charge in [-0.3, -0.25) is 4.57 Å². The highest BCUT2D eigenvalue weighted by molar-refractivity contribution is 7.54. The van der Waals surface area contributed by atoms with Gasteiger partial charge in [-0.05, 0) is 26.2 Å². The summed E-state index contributed by atoms with van der Waals surface area (Å²) in [6.07, 6.45) is 0. The van der Waals surface area contributed by atoms with Crippen LogP contribution >= 0.6 is 7.60 Å². The summed E-state index contributed by atoms with van der Waals surface area (Å²) in [5, 5.41) is 13.2. The van der Waals surface area contributed by atoms with Crippen LogP contribution in [0.5, 0.6) is 0 Å². The molecule has 6 heteroatoms. The molecule has 1 radical (unpaired) electrons. The van der Waals surface area contributed by atoms with Crippen molar-refractivity contribution < 1.29 is 18.8 Å². The van der Waals surface area contributed by atoms with Gasteiger partial charge < -0.3 is 9.05 Å². The van der Waals surface area contributed by atoms with Crippen LogP contribution in [-0.2, 0) is 18.8 Å². The van der Waals surface area contributed by atoms with Gasteiger partial charge in [-0.15, -0.1) is 10.3 Å². The summed E-state index contributed by atoms with van der Waals surface area (Å²) in [5.41, 5.74) is -1.18. The molecular formula is C11H25NO4P. The van der Waals surface area contributed by atoms with E-state index < -0.39 is 24.3 Å². The van der Waals surface area contributed by atoms with E-state index in [2.05, 4.69) is 0 Å². The summed E-state index contributed by atoms with van der Waals surface area (Å²) in [6.45, 7) is 10.9. The van der Waals surface area contributed by atoms with Gasteiger partial charge in [-0.1, -0.05) is 20.8 Å². The van der Waals surface area contributed by atoms with Gasteiger partial charge in [0.05, 0.1) is 0 Å². The molecule has 1 atom stereocenters. The number of rotatable bonds is 4. The quantitative estimate of drug-likeness (QED) is 0.578. The molecule has 0 rings (SSSR count). The average Bonchev–Trinajstić information content (AvgIpc) is 2.14. The zero-order chi connectivity index (χ0) is 14.1. The fourth-order valence-electron chi connectivity index (χ4n) is 1.60. The summed E-state index contributed by atoms with van der Waals surface area (Å²) < 4.78 is 22.5. The Labute approximate surface area is 105 Å². The topological polar surface area (TPSA) is 58.7 Å². The maximum absolute atomic E-state index is 12.5. The van der Waals surface area contributed by atoms with Crippen LogP contribution in [-0.4, -0.2) is 30.6 Å². The van der Waals surface area contributed by atoms with Gasteiger partial charge in [0, 0.05) is 19.8 Å². The second-order valence-electron chi connectivity index (χ2n) is 6.14. The summed E-state index contributed by atoms with van der Waals surface area (Å²) in [6, 6.07) is 0. The molecule has 5 nitrogen and oxygen atoms in total. The standard InChI is InChI=1S/C11H25NO4P/c1-10(2,3)9(12(13)11(4,5)6)17(14,15-7)16-8/h9H,1-8H3. The van der Waals surface area contributed by atoms with Crippen LogP contribution in [0.15, 0.2) is 0 Å². The van der Waals surface area contributed by atoms with Gasteiger partial charge in [0.15, 0.2) is 0 Å². The van der Waals surface area contributed by atoms with Crippen LogP contribution in [0.2, 0.25) is 0 Å². The SMILES string of the molecule is COP(=O)(OC)C(N([O])C(C)(C)C)C(C)(C)C. The highest BCUT2D eigenvalue weighted by Gasteiger charge is 2.50. The second kappa shape index (κ2) is 5.37. The molecule has 0 fully saturated rings. The number of hydrogen-bond donors (Lipinski definition) is 0. The summed E-state index contributed by atoms with van der Waals surface area (Å²) >= 11 is 0. The van der Waals surface area contributed by atoms with Gasteiger partial charge in [-0.25, -0.2) is 0 Å². The summed E-state index contributed by atoms with van der Waals surface area (Å²) in [7, 11) is -0.842. The van der Waals surface area contributed by atoms with E-state index >= 15 is 0 Å². The molecule has 0 aliphatic carbocycles. The maximum atomic E-state index is 12.5. The summed E-state index contributed by atoms with van der Waals surface area (Å²) in [4.78, 5) is 0. The molecule has 0 N–H and O–H groups in total. The third-order valence-electron chi connectivity index (χ3n) is 2.47. The zero-order valence-electron chi connectivity index (χ0n) is 12.1. The lowest BCUT2D eigenvalue weighted by Gasteiger charge is -2.42. The van der Waals surface area contributed by atoms with Gasteiger partial charge >= 0.3 is 7.60 Å². The monoisotopic (exact) mass is 266 g/mol. The Morgan fingerprint density at radius 2 is 1.35 bits per heavy atom. The predicted molar refractivity (Wildman–Crippen MR) is 67.1 cm³/mol. The van der Waals surface area contributed by atoms with E-state index in [9.17, 15) is 9.77 Å². The first-order valence-electron chi connectivity index (χ1n) is 5.58. The average molecular weight is 266 g/mol. The smallest absolute Gasteiger partial charge is 0.311 e. The van der Waals surface area contributed by atoms with E-state index in [1.165, 1.54) is 14.2 Å². The minimum absolute atomic E-state index is 0.517. The van der Waals surface area contributed by atoms with E-state index in [1.807, 2.05) is 20.8 Å². The van der Waals surface area contributed by atoms with Crippen molar-refractivity contribution in [1.82, 2.24) is 5.06 Å². The lowest BCUT2D eigenvalue weighted by molar-refractivity contribution is -0.241. The molecule has 0 aliphatic heterocycles. The Bertz CT molecular complexity index is 285. The predicted octanol–water partition coefficient (Wildman–Crippen LogP) is 3.29. The molecule has 0 aromatic carbocycles. The fraction of sp³-hybridized carbons (Fsp3) is 1.00. The molecule has 17 heavy (non-hydrogen) atoms. The first kappa shape index (κ1) is 17.1. The molecule has 0 bridgehead atoms. The number of nitrogens with zero attached hydrogens (tertiary/aromatic N) is 1. The first-order valence-corrected chi connectivity index (χ1v) is 7.19. The van der Waals surface area contributed by atoms with Crippen molar-refractivity contribution in [2.45, 2.75) is 52.9 Å². The Kier molecular flexibility index (Phi) is 5.39. The van der Waals surface area contributed by atoms with Crippen LogP contribution in [0.3, 0.4) is 0 Å². The van der Waals surface area contributed by atoms with Crippen molar-refractivity contribution in [2.75, 3.05) is 14.2 Å². The van der Waals surface area contributed by atoms with Crippen molar-refractivity contribution in [1.29, 1.82) is 0 Å². The van der Waals surface area contributed by atoms with E-state index in [4.69, 9.17) is 9.05 Å². The molecule has 0 aromatic rings. The van der Waals surface area contributed by atoms with Crippen molar-refractivity contribution in [3.63, 3.8) is 0 Å². The van der Waals surface area contributed by atoms with Gasteiger partial charge in [0.2, 0.25) is 0 Å². The minimum atomic E-state index is -3.45. The molecule has 0 saturated carbocycles. The summed E-state index contributed by atoms with van der Waals surface area (Å²) in [5.74, 6) is -0.843. The van der Waals surface area contributed by atoms with E-state index in [0.717, 1.165) is 5.06 Å². The van der Waals surface area contributed by atoms with E-state index in [0.29, 0.717) is 0 Å². The molecule has 0 saturated heterocycles. The largest absolute Gasteiger partial charge is 0.350 e. The normalized spacial score (nSPS) is 16.4. The molecule has 0 aliphatic rings. The molecule has 0 aromatic heterocycles. The van der Waals surface area contributed by atoms with Gasteiger partial charge in [0.25, 0.3) is 0 Å². The molecule has 0 heterocycles. The van der Waals surface area contributed by atoms with Crippen LogP contribution in [0, 0.1) is 5.41 Å². The van der Waals surface area contributed by atoms with E-state index in [-0.39, 0.29) is 0 Å². The van der Waals surface area contributed by atoms with Crippen LogP contribution < -0.4 is 0 Å². The van der Waals surface area contributed by atoms with Gasteiger partial charge in [-0.2, -0.15) is 0 Å². The Hall–Kier alpha value is 0.0700. The number of hydrogen-bond acceptors (Lipinski definition) is 4. The molecule has 103 valence electrons. The minimum Gasteiger partial charge on any atom is -0.311 e. The molecular weight excluding hydrogens is 241 g/mol. The lowest BCUT2D eigenvalue weighted by atomic mass is 9.94. The highest BCUT2D eigenvalue weighted by Crippen LogP contribution is 2.59. The highest BCUT2D eigenvalue weighted by atomic mass is 31.2. The van der Waals surface area contributed by atoms with Gasteiger partial charge in [0.1, 0.15) is 5.78 Å². The van der Waals surface area contributed by atoms with Crippen LogP contribution in [0.1, 0.15) is 41.5 Å². The number of hydroxylamine groups is 2. The molecule has 0 spiro atoms. The molecule has 1 unspecified atom stereocenters. The Morgan fingerprint density at radius 1 is 1.00 bits per heavy atom. The second-order valence-corrected chi connectivity index (χ2v) is 8.44. The van der Waals surface area contributed by atoms with Crippen molar-refractivity contribution in [2.24, 2.45) is 5.41 Å². The Balaban J connectivity index is 5.54. The lowest BCUT2D eigenvalue weighted by Crippen LogP contribution is -2.50. The Morgan fingerprint density at radius 3 is 1.53 bits per heavy atom. The zero-order valence-corrected chi connectivity index (χ0v) is 13.0. The first-order chi connectivity index (χ1) is 7.40.